The van der Waals surface area contributed by atoms with E-state index in [9.17, 15) is 4.79 Å². The van der Waals surface area contributed by atoms with Crippen LogP contribution in [-0.4, -0.2) is 37.1 Å². The number of likely N-dealkylation sites (tertiary alicyclic amines) is 1. The Morgan fingerprint density at radius 1 is 1.14 bits per heavy atom. The van der Waals surface area contributed by atoms with Crippen LogP contribution < -0.4 is 5.73 Å². The minimum atomic E-state index is -0.302. The summed E-state index contributed by atoms with van der Waals surface area (Å²) in [4.78, 5) is 14.4. The number of primary amides is 1. The van der Waals surface area contributed by atoms with Gasteiger partial charge in [-0.2, -0.15) is 0 Å². The van der Waals surface area contributed by atoms with Crippen LogP contribution in [0.1, 0.15) is 30.9 Å². The van der Waals surface area contributed by atoms with E-state index in [4.69, 9.17) is 10.5 Å². The molecule has 2 N–H and O–H groups in total. The number of rotatable bonds is 3. The highest BCUT2D eigenvalue weighted by molar-refractivity contribution is 5.81. The fraction of sp³-hybridized carbons (Fsp3) is 0.588. The molecule has 1 amide bonds. The Morgan fingerprint density at radius 3 is 2.33 bits per heavy atom. The molecule has 3 fully saturated rings. The standard InChI is InChI=1S/C17H22N2O2/c18-15(20)14(13-5-2-1-3-6-13)19-9-16-7-4-8-17(16,10-19)12-21-11-16/h1-3,5-6,14H,4,7-12H2,(H2,18,20). The first-order chi connectivity index (χ1) is 10.2. The molecular weight excluding hydrogens is 264 g/mol. The largest absolute Gasteiger partial charge is 0.380 e. The Kier molecular flexibility index (Phi) is 2.88. The monoisotopic (exact) mass is 286 g/mol. The highest BCUT2D eigenvalue weighted by atomic mass is 16.5. The van der Waals surface area contributed by atoms with Crippen molar-refractivity contribution in [3.63, 3.8) is 0 Å². The van der Waals surface area contributed by atoms with Gasteiger partial charge in [-0.1, -0.05) is 36.8 Å². The molecule has 2 heterocycles. The van der Waals surface area contributed by atoms with Gasteiger partial charge in [0.1, 0.15) is 6.04 Å². The summed E-state index contributed by atoms with van der Waals surface area (Å²) in [6.07, 6.45) is 3.75. The van der Waals surface area contributed by atoms with E-state index in [-0.39, 0.29) is 22.8 Å². The Balaban J connectivity index is 1.67. The summed E-state index contributed by atoms with van der Waals surface area (Å²) >= 11 is 0. The molecule has 1 saturated carbocycles. The summed E-state index contributed by atoms with van der Waals surface area (Å²) in [6.45, 7) is 3.58. The summed E-state index contributed by atoms with van der Waals surface area (Å²) in [6, 6.07) is 9.63. The SMILES string of the molecule is NC(=O)C(c1ccccc1)N1CC23CCCC2(COC3)C1. The summed E-state index contributed by atoms with van der Waals surface area (Å²) < 4.78 is 5.81. The van der Waals surface area contributed by atoms with Crippen molar-refractivity contribution in [3.8, 4) is 0 Å². The molecule has 4 nitrogen and oxygen atoms in total. The summed E-state index contributed by atoms with van der Waals surface area (Å²) in [5.41, 5.74) is 7.26. The maximum atomic E-state index is 12.1. The molecule has 3 aliphatic rings. The molecule has 0 spiro atoms. The van der Waals surface area contributed by atoms with Gasteiger partial charge in [-0.15, -0.1) is 0 Å². The third-order valence-electron chi connectivity index (χ3n) is 5.95. The highest BCUT2D eigenvalue weighted by Crippen LogP contribution is 2.62. The molecule has 21 heavy (non-hydrogen) atoms. The van der Waals surface area contributed by atoms with Gasteiger partial charge in [-0.05, 0) is 18.4 Å². The number of ether oxygens (including phenoxy) is 1. The molecule has 4 heteroatoms. The van der Waals surface area contributed by atoms with Crippen molar-refractivity contribution < 1.29 is 9.53 Å². The Bertz CT molecular complexity index is 527. The van der Waals surface area contributed by atoms with Gasteiger partial charge in [0.15, 0.2) is 0 Å². The van der Waals surface area contributed by atoms with Gasteiger partial charge in [-0.25, -0.2) is 0 Å². The molecule has 2 saturated heterocycles. The molecular formula is C17H22N2O2. The minimum Gasteiger partial charge on any atom is -0.380 e. The van der Waals surface area contributed by atoms with Crippen molar-refractivity contribution in [1.29, 1.82) is 0 Å². The molecule has 0 radical (unpaired) electrons. The average Bonchev–Trinajstić information content (AvgIpc) is 3.01. The molecule has 4 rings (SSSR count). The zero-order valence-electron chi connectivity index (χ0n) is 12.3. The lowest BCUT2D eigenvalue weighted by molar-refractivity contribution is -0.123. The van der Waals surface area contributed by atoms with E-state index in [1.165, 1.54) is 19.3 Å². The van der Waals surface area contributed by atoms with Gasteiger partial charge in [-0.3, -0.25) is 9.69 Å². The van der Waals surface area contributed by atoms with Gasteiger partial charge in [0.25, 0.3) is 0 Å². The molecule has 1 aliphatic carbocycles. The van der Waals surface area contributed by atoms with Crippen LogP contribution in [0.25, 0.3) is 0 Å². The van der Waals surface area contributed by atoms with Crippen molar-refractivity contribution in [2.45, 2.75) is 25.3 Å². The number of benzene rings is 1. The molecule has 3 unspecified atom stereocenters. The van der Waals surface area contributed by atoms with Crippen molar-refractivity contribution in [2.24, 2.45) is 16.6 Å². The predicted molar refractivity (Wildman–Crippen MR) is 79.5 cm³/mol. The number of hydrogen-bond donors (Lipinski definition) is 1. The fourth-order valence-electron chi connectivity index (χ4n) is 4.98. The zero-order valence-corrected chi connectivity index (χ0v) is 12.3. The number of nitrogens with two attached hydrogens (primary N) is 1. The highest BCUT2D eigenvalue weighted by Gasteiger charge is 2.64. The summed E-state index contributed by atoms with van der Waals surface area (Å²) in [5, 5.41) is 0. The molecule has 0 aromatic heterocycles. The second kappa shape index (κ2) is 4.55. The average molecular weight is 286 g/mol. The molecule has 1 aromatic rings. The van der Waals surface area contributed by atoms with Gasteiger partial charge < -0.3 is 10.5 Å². The van der Waals surface area contributed by atoms with Crippen LogP contribution in [0.15, 0.2) is 30.3 Å². The number of amides is 1. The quantitative estimate of drug-likeness (QED) is 0.920. The number of carbonyl (C=O) groups excluding carboxylic acids is 1. The molecule has 2 aliphatic heterocycles. The van der Waals surface area contributed by atoms with Crippen molar-refractivity contribution in [3.05, 3.63) is 35.9 Å². The maximum absolute atomic E-state index is 12.1. The predicted octanol–water partition coefficient (Wildman–Crippen LogP) is 1.72. The molecule has 0 bridgehead atoms. The second-order valence-corrected chi connectivity index (χ2v) is 7.03. The van der Waals surface area contributed by atoms with Gasteiger partial charge >= 0.3 is 0 Å². The number of nitrogens with zero attached hydrogens (tertiary/aromatic N) is 1. The second-order valence-electron chi connectivity index (χ2n) is 7.03. The van der Waals surface area contributed by atoms with Crippen LogP contribution in [0.5, 0.6) is 0 Å². The third kappa shape index (κ3) is 1.79. The first kappa shape index (κ1) is 13.3. The van der Waals surface area contributed by atoms with Crippen LogP contribution in [0.4, 0.5) is 0 Å². The summed E-state index contributed by atoms with van der Waals surface area (Å²) in [7, 11) is 0. The van der Waals surface area contributed by atoms with Crippen molar-refractivity contribution in [1.82, 2.24) is 4.90 Å². The van der Waals surface area contributed by atoms with Crippen LogP contribution >= 0.6 is 0 Å². The zero-order chi connectivity index (χ0) is 14.5. The Morgan fingerprint density at radius 2 is 1.76 bits per heavy atom. The van der Waals surface area contributed by atoms with Crippen molar-refractivity contribution in [2.75, 3.05) is 26.3 Å². The van der Waals surface area contributed by atoms with Crippen LogP contribution in [-0.2, 0) is 9.53 Å². The first-order valence-corrected chi connectivity index (χ1v) is 7.82. The Hall–Kier alpha value is -1.39. The van der Waals surface area contributed by atoms with Crippen LogP contribution in [0, 0.1) is 10.8 Å². The molecule has 112 valence electrons. The van der Waals surface area contributed by atoms with E-state index in [1.807, 2.05) is 30.3 Å². The Labute approximate surface area is 125 Å². The first-order valence-electron chi connectivity index (χ1n) is 7.82. The number of carbonyl (C=O) groups is 1. The fourth-order valence-corrected chi connectivity index (χ4v) is 4.98. The van der Waals surface area contributed by atoms with Gasteiger partial charge in [0.05, 0.1) is 13.2 Å². The third-order valence-corrected chi connectivity index (χ3v) is 5.95. The van der Waals surface area contributed by atoms with Gasteiger partial charge in [0, 0.05) is 23.9 Å². The molecule has 1 aromatic carbocycles. The minimum absolute atomic E-state index is 0.243. The lowest BCUT2D eigenvalue weighted by Gasteiger charge is -2.29. The van der Waals surface area contributed by atoms with Crippen LogP contribution in [0.2, 0.25) is 0 Å². The van der Waals surface area contributed by atoms with Crippen LogP contribution in [0.3, 0.4) is 0 Å². The van der Waals surface area contributed by atoms with E-state index in [0.29, 0.717) is 0 Å². The van der Waals surface area contributed by atoms with E-state index < -0.39 is 0 Å². The maximum Gasteiger partial charge on any atom is 0.239 e. The van der Waals surface area contributed by atoms with E-state index in [2.05, 4.69) is 4.90 Å². The normalized spacial score (nSPS) is 36.4. The van der Waals surface area contributed by atoms with Crippen molar-refractivity contribution >= 4 is 5.91 Å². The number of hydrogen-bond acceptors (Lipinski definition) is 3. The van der Waals surface area contributed by atoms with E-state index in [1.54, 1.807) is 0 Å². The van der Waals surface area contributed by atoms with E-state index in [0.717, 1.165) is 31.9 Å². The van der Waals surface area contributed by atoms with E-state index >= 15 is 0 Å². The smallest absolute Gasteiger partial charge is 0.239 e. The van der Waals surface area contributed by atoms with Gasteiger partial charge in [0.2, 0.25) is 5.91 Å². The topological polar surface area (TPSA) is 55.6 Å². The lowest BCUT2D eigenvalue weighted by atomic mass is 9.71. The molecule has 3 atom stereocenters. The lowest BCUT2D eigenvalue weighted by Crippen LogP contribution is -2.39. The summed E-state index contributed by atoms with van der Waals surface area (Å²) in [5.74, 6) is -0.243.